The largest absolute Gasteiger partial charge is 0.369 e. The van der Waals surface area contributed by atoms with Gasteiger partial charge in [-0.2, -0.15) is 0 Å². The number of hydrogen-bond acceptors (Lipinski definition) is 3. The number of halogens is 3. The monoisotopic (exact) mass is 357 g/mol. The van der Waals surface area contributed by atoms with Gasteiger partial charge in [-0.15, -0.1) is 0 Å². The average Bonchev–Trinajstić information content (AvgIpc) is 2.39. The number of aromatic nitrogens is 2. The molecule has 0 aliphatic carbocycles. The molecule has 1 heterocycles. The van der Waals surface area contributed by atoms with Crippen LogP contribution in [0, 0.1) is 12.7 Å². The third-order valence-corrected chi connectivity index (χ3v) is 3.85. The minimum Gasteiger partial charge on any atom is -0.369 e. The molecule has 0 spiro atoms. The molecule has 6 heteroatoms. The Labute approximate surface area is 130 Å². The number of nitrogens with zero attached hydrogens (tertiary/aromatic N) is 2. The van der Waals surface area contributed by atoms with Gasteiger partial charge in [-0.1, -0.05) is 18.5 Å². The molecule has 20 heavy (non-hydrogen) atoms. The Morgan fingerprint density at radius 1 is 1.30 bits per heavy atom. The summed E-state index contributed by atoms with van der Waals surface area (Å²) in [7, 11) is 0. The zero-order valence-electron chi connectivity index (χ0n) is 11.2. The van der Waals surface area contributed by atoms with E-state index < -0.39 is 5.82 Å². The predicted molar refractivity (Wildman–Crippen MR) is 83.7 cm³/mol. The third kappa shape index (κ3) is 3.46. The summed E-state index contributed by atoms with van der Waals surface area (Å²) < 4.78 is 14.2. The van der Waals surface area contributed by atoms with Crippen molar-refractivity contribution in [2.75, 3.05) is 11.9 Å². The van der Waals surface area contributed by atoms with Crippen LogP contribution in [-0.2, 0) is 0 Å². The number of hydrogen-bond donors (Lipinski definition) is 1. The van der Waals surface area contributed by atoms with Crippen LogP contribution in [0.1, 0.15) is 19.0 Å². The molecular formula is C14H14BrClFN3. The van der Waals surface area contributed by atoms with Crippen LogP contribution in [-0.4, -0.2) is 16.5 Å². The maximum absolute atomic E-state index is 13.4. The Bertz CT molecular complexity index is 614. The zero-order chi connectivity index (χ0) is 14.7. The highest BCUT2D eigenvalue weighted by molar-refractivity contribution is 9.10. The molecule has 1 N–H and O–H groups in total. The fourth-order valence-electron chi connectivity index (χ4n) is 1.73. The Morgan fingerprint density at radius 2 is 2.05 bits per heavy atom. The van der Waals surface area contributed by atoms with Crippen LogP contribution in [0.5, 0.6) is 0 Å². The number of nitrogens with one attached hydrogen (secondary N) is 1. The van der Waals surface area contributed by atoms with Crippen molar-refractivity contribution < 1.29 is 4.39 Å². The molecule has 0 aliphatic heterocycles. The molecule has 2 aromatic rings. The highest BCUT2D eigenvalue weighted by Gasteiger charge is 2.11. The lowest BCUT2D eigenvalue weighted by Crippen LogP contribution is -2.06. The lowest BCUT2D eigenvalue weighted by atomic mass is 10.2. The van der Waals surface area contributed by atoms with Crippen LogP contribution in [0.2, 0.25) is 5.02 Å². The van der Waals surface area contributed by atoms with E-state index in [-0.39, 0.29) is 0 Å². The Hall–Kier alpha value is -1.20. The lowest BCUT2D eigenvalue weighted by molar-refractivity contribution is 0.628. The van der Waals surface area contributed by atoms with Crippen LogP contribution < -0.4 is 5.32 Å². The van der Waals surface area contributed by atoms with Gasteiger partial charge in [0.1, 0.15) is 11.6 Å². The van der Waals surface area contributed by atoms with Gasteiger partial charge in [0.05, 0.1) is 10.2 Å². The van der Waals surface area contributed by atoms with E-state index in [1.807, 2.05) is 6.92 Å². The predicted octanol–water partition coefficient (Wildman–Crippen LogP) is 4.83. The first kappa shape index (κ1) is 15.2. The van der Waals surface area contributed by atoms with Gasteiger partial charge in [0.15, 0.2) is 5.82 Å². The summed E-state index contributed by atoms with van der Waals surface area (Å²) in [6.45, 7) is 4.74. The van der Waals surface area contributed by atoms with Crippen molar-refractivity contribution in [2.24, 2.45) is 0 Å². The first-order valence-electron chi connectivity index (χ1n) is 6.25. The molecule has 0 saturated carbocycles. The number of benzene rings is 1. The van der Waals surface area contributed by atoms with Gasteiger partial charge in [-0.3, -0.25) is 0 Å². The summed E-state index contributed by atoms with van der Waals surface area (Å²) in [5.74, 6) is 0.750. The van der Waals surface area contributed by atoms with E-state index in [9.17, 15) is 4.39 Å². The number of anilines is 1. The van der Waals surface area contributed by atoms with Gasteiger partial charge in [-0.05, 0) is 47.5 Å². The number of aryl methyl sites for hydroxylation is 1. The SMILES string of the molecule is CCCNc1nc(-c2cc(F)cc(Cl)c2)nc(C)c1Br. The lowest BCUT2D eigenvalue weighted by Gasteiger charge is -2.11. The Kier molecular flexibility index (Phi) is 4.94. The first-order chi connectivity index (χ1) is 9.51. The van der Waals surface area contributed by atoms with Crippen molar-refractivity contribution in [3.63, 3.8) is 0 Å². The molecule has 0 aliphatic rings. The standard InChI is InChI=1S/C14H14BrClFN3/c1-3-4-18-14-12(15)8(2)19-13(20-14)9-5-10(16)7-11(17)6-9/h5-7H,3-4H2,1-2H3,(H,18,19,20). The topological polar surface area (TPSA) is 37.8 Å². The molecule has 0 unspecified atom stereocenters. The smallest absolute Gasteiger partial charge is 0.161 e. The van der Waals surface area contributed by atoms with E-state index in [1.54, 1.807) is 6.07 Å². The summed E-state index contributed by atoms with van der Waals surface area (Å²) in [6.07, 6.45) is 0.983. The average molecular weight is 359 g/mol. The van der Waals surface area contributed by atoms with Crippen LogP contribution in [0.3, 0.4) is 0 Å². The maximum Gasteiger partial charge on any atom is 0.161 e. The first-order valence-corrected chi connectivity index (χ1v) is 7.43. The van der Waals surface area contributed by atoms with Gasteiger partial charge in [0, 0.05) is 17.1 Å². The van der Waals surface area contributed by atoms with E-state index >= 15 is 0 Å². The fourth-order valence-corrected chi connectivity index (χ4v) is 2.27. The molecule has 106 valence electrons. The highest BCUT2D eigenvalue weighted by Crippen LogP contribution is 2.28. The van der Waals surface area contributed by atoms with Gasteiger partial charge < -0.3 is 5.32 Å². The van der Waals surface area contributed by atoms with Gasteiger partial charge in [0.25, 0.3) is 0 Å². The molecular weight excluding hydrogens is 345 g/mol. The molecule has 1 aromatic carbocycles. The maximum atomic E-state index is 13.4. The van der Waals surface area contributed by atoms with Gasteiger partial charge >= 0.3 is 0 Å². The van der Waals surface area contributed by atoms with Crippen LogP contribution in [0.25, 0.3) is 11.4 Å². The second-order valence-corrected chi connectivity index (χ2v) is 5.61. The molecule has 0 radical (unpaired) electrons. The molecule has 3 nitrogen and oxygen atoms in total. The summed E-state index contributed by atoms with van der Waals surface area (Å²) in [4.78, 5) is 8.80. The van der Waals surface area contributed by atoms with Crippen molar-refractivity contribution >= 4 is 33.3 Å². The van der Waals surface area contributed by atoms with E-state index in [4.69, 9.17) is 11.6 Å². The van der Waals surface area contributed by atoms with Crippen molar-refractivity contribution in [1.29, 1.82) is 0 Å². The van der Waals surface area contributed by atoms with E-state index in [0.717, 1.165) is 23.1 Å². The van der Waals surface area contributed by atoms with E-state index in [1.165, 1.54) is 12.1 Å². The molecule has 0 bridgehead atoms. The Balaban J connectivity index is 2.48. The van der Waals surface area contributed by atoms with Gasteiger partial charge in [-0.25, -0.2) is 14.4 Å². The minimum atomic E-state index is -0.403. The number of rotatable bonds is 4. The second-order valence-electron chi connectivity index (χ2n) is 4.38. The summed E-state index contributed by atoms with van der Waals surface area (Å²) >= 11 is 9.33. The quantitative estimate of drug-likeness (QED) is 0.850. The molecule has 0 atom stereocenters. The van der Waals surface area contributed by atoms with Crippen molar-refractivity contribution in [2.45, 2.75) is 20.3 Å². The normalized spacial score (nSPS) is 10.7. The molecule has 0 amide bonds. The van der Waals surface area contributed by atoms with Crippen molar-refractivity contribution in [3.8, 4) is 11.4 Å². The minimum absolute atomic E-state index is 0.326. The molecule has 0 saturated heterocycles. The molecule has 1 aromatic heterocycles. The Morgan fingerprint density at radius 3 is 2.70 bits per heavy atom. The van der Waals surface area contributed by atoms with E-state index in [0.29, 0.717) is 22.2 Å². The second kappa shape index (κ2) is 6.50. The zero-order valence-corrected chi connectivity index (χ0v) is 13.5. The fraction of sp³-hybridized carbons (Fsp3) is 0.286. The third-order valence-electron chi connectivity index (χ3n) is 2.68. The summed E-state index contributed by atoms with van der Waals surface area (Å²) in [5.41, 5.74) is 1.35. The van der Waals surface area contributed by atoms with Crippen molar-refractivity contribution in [1.82, 2.24) is 9.97 Å². The van der Waals surface area contributed by atoms with Crippen LogP contribution >= 0.6 is 27.5 Å². The van der Waals surface area contributed by atoms with Crippen molar-refractivity contribution in [3.05, 3.63) is 39.2 Å². The summed E-state index contributed by atoms with van der Waals surface area (Å²) in [5, 5.41) is 3.54. The van der Waals surface area contributed by atoms with Crippen LogP contribution in [0.4, 0.5) is 10.2 Å². The van der Waals surface area contributed by atoms with E-state index in [2.05, 4.69) is 38.1 Å². The van der Waals surface area contributed by atoms with Gasteiger partial charge in [0.2, 0.25) is 0 Å². The highest BCUT2D eigenvalue weighted by atomic mass is 79.9. The molecule has 2 rings (SSSR count). The molecule has 0 fully saturated rings. The van der Waals surface area contributed by atoms with Crippen LogP contribution in [0.15, 0.2) is 22.7 Å². The summed E-state index contributed by atoms with van der Waals surface area (Å²) in [6, 6.07) is 4.28.